The van der Waals surface area contributed by atoms with Gasteiger partial charge in [0.2, 0.25) is 0 Å². The van der Waals surface area contributed by atoms with Gasteiger partial charge in [0.25, 0.3) is 5.91 Å². The molecule has 1 amide bonds. The number of aromatic amines is 1. The lowest BCUT2D eigenvalue weighted by atomic mass is 10.1. The molecule has 1 aliphatic rings. The van der Waals surface area contributed by atoms with Gasteiger partial charge in [-0.15, -0.1) is 0 Å². The Kier molecular flexibility index (Phi) is 4.85. The highest BCUT2D eigenvalue weighted by Gasteiger charge is 2.28. The number of hydrogen-bond donors (Lipinski definition) is 1. The van der Waals surface area contributed by atoms with E-state index in [-0.39, 0.29) is 5.91 Å². The van der Waals surface area contributed by atoms with Crippen molar-refractivity contribution >= 4 is 5.91 Å². The van der Waals surface area contributed by atoms with Crippen LogP contribution in [0.2, 0.25) is 0 Å². The first-order chi connectivity index (χ1) is 14.8. The number of benzene rings is 1. The molecule has 0 spiro atoms. The molecule has 3 aromatic heterocycles. The summed E-state index contributed by atoms with van der Waals surface area (Å²) in [6.45, 7) is 1.04. The van der Waals surface area contributed by atoms with Crippen molar-refractivity contribution in [1.29, 1.82) is 0 Å². The highest BCUT2D eigenvalue weighted by atomic mass is 16.4. The van der Waals surface area contributed by atoms with Crippen LogP contribution in [0, 0.1) is 0 Å². The predicted octanol–water partition coefficient (Wildman–Crippen LogP) is 3.44. The van der Waals surface area contributed by atoms with Crippen molar-refractivity contribution in [2.24, 2.45) is 0 Å². The first kappa shape index (κ1) is 18.3. The third-order valence-electron chi connectivity index (χ3n) is 5.31. The first-order valence-electron chi connectivity index (χ1n) is 10.0. The topological polar surface area (TPSA) is 87.9 Å². The maximum atomic E-state index is 13.2. The van der Waals surface area contributed by atoms with Crippen LogP contribution in [0.25, 0.3) is 11.3 Å². The molecule has 1 aromatic carbocycles. The fourth-order valence-electron chi connectivity index (χ4n) is 3.76. The average Bonchev–Trinajstić information content (AvgIpc) is 3.45. The summed E-state index contributed by atoms with van der Waals surface area (Å²) >= 11 is 0. The SMILES string of the molecule is O=C(c1[nH]cnc1-c1ccccc1)N1CCc2oc(CCc3cccnc3)nc2C1. The van der Waals surface area contributed by atoms with E-state index in [0.717, 1.165) is 29.0 Å². The molecule has 5 rings (SSSR count). The van der Waals surface area contributed by atoms with Gasteiger partial charge in [-0.2, -0.15) is 0 Å². The highest BCUT2D eigenvalue weighted by Crippen LogP contribution is 2.25. The number of carbonyl (C=O) groups is 1. The number of imidazole rings is 1. The van der Waals surface area contributed by atoms with Crippen molar-refractivity contribution in [1.82, 2.24) is 24.8 Å². The number of H-pyrrole nitrogens is 1. The van der Waals surface area contributed by atoms with Gasteiger partial charge in [-0.1, -0.05) is 36.4 Å². The van der Waals surface area contributed by atoms with Gasteiger partial charge in [0.1, 0.15) is 22.8 Å². The molecule has 7 heteroatoms. The number of oxazole rings is 1. The van der Waals surface area contributed by atoms with Gasteiger partial charge >= 0.3 is 0 Å². The van der Waals surface area contributed by atoms with Crippen molar-refractivity contribution in [2.75, 3.05) is 6.54 Å². The van der Waals surface area contributed by atoms with Gasteiger partial charge in [0.05, 0.1) is 12.9 Å². The molecule has 0 atom stereocenters. The number of aryl methyl sites for hydroxylation is 2. The van der Waals surface area contributed by atoms with E-state index >= 15 is 0 Å². The third-order valence-corrected chi connectivity index (χ3v) is 5.31. The molecule has 1 aliphatic heterocycles. The van der Waals surface area contributed by atoms with Crippen LogP contribution in [0.15, 0.2) is 65.6 Å². The molecule has 1 N–H and O–H groups in total. The molecule has 4 aromatic rings. The Bertz CT molecular complexity index is 1150. The summed E-state index contributed by atoms with van der Waals surface area (Å²) in [6.07, 6.45) is 7.39. The van der Waals surface area contributed by atoms with Crippen molar-refractivity contribution in [3.05, 3.63) is 89.8 Å². The number of amides is 1. The smallest absolute Gasteiger partial charge is 0.272 e. The lowest BCUT2D eigenvalue weighted by molar-refractivity contribution is 0.0723. The Labute approximate surface area is 173 Å². The van der Waals surface area contributed by atoms with Crippen LogP contribution in [0.1, 0.15) is 33.4 Å². The standard InChI is InChI=1S/C23H21N5O2/c29-23(22-21(25-15-26-22)17-6-2-1-3-7-17)28-12-10-19-18(14-28)27-20(30-19)9-8-16-5-4-11-24-13-16/h1-7,11,13,15H,8-10,12,14H2,(H,25,26). The number of nitrogens with one attached hydrogen (secondary N) is 1. The van der Waals surface area contributed by atoms with Gasteiger partial charge in [-0.25, -0.2) is 9.97 Å². The fourth-order valence-corrected chi connectivity index (χ4v) is 3.76. The van der Waals surface area contributed by atoms with Gasteiger partial charge in [-0.05, 0) is 18.1 Å². The van der Waals surface area contributed by atoms with Crippen molar-refractivity contribution in [3.63, 3.8) is 0 Å². The number of pyridine rings is 1. The maximum absolute atomic E-state index is 13.2. The predicted molar refractivity (Wildman–Crippen MR) is 111 cm³/mol. The van der Waals surface area contributed by atoms with E-state index in [1.54, 1.807) is 17.4 Å². The molecule has 0 saturated carbocycles. The molecule has 0 fully saturated rings. The Hall–Kier alpha value is -3.74. The molecule has 0 unspecified atom stereocenters. The van der Waals surface area contributed by atoms with E-state index in [0.29, 0.717) is 43.2 Å². The molecule has 0 radical (unpaired) electrons. The number of aromatic nitrogens is 4. The lowest BCUT2D eigenvalue weighted by Gasteiger charge is -2.25. The minimum absolute atomic E-state index is 0.0723. The molecule has 0 aliphatic carbocycles. The molecule has 0 bridgehead atoms. The van der Waals surface area contributed by atoms with Crippen LogP contribution in [-0.2, 0) is 25.8 Å². The van der Waals surface area contributed by atoms with Gasteiger partial charge in [0.15, 0.2) is 5.89 Å². The van der Waals surface area contributed by atoms with Gasteiger partial charge < -0.3 is 14.3 Å². The van der Waals surface area contributed by atoms with Crippen LogP contribution in [0.3, 0.4) is 0 Å². The molecular formula is C23H21N5O2. The number of nitrogens with zero attached hydrogens (tertiary/aromatic N) is 4. The van der Waals surface area contributed by atoms with E-state index in [2.05, 4.69) is 19.9 Å². The van der Waals surface area contributed by atoms with E-state index < -0.39 is 0 Å². The second-order valence-electron chi connectivity index (χ2n) is 7.31. The monoisotopic (exact) mass is 399 g/mol. The zero-order valence-corrected chi connectivity index (χ0v) is 16.4. The molecule has 7 nitrogen and oxygen atoms in total. The fraction of sp³-hybridized carbons (Fsp3) is 0.217. The summed E-state index contributed by atoms with van der Waals surface area (Å²) in [5, 5.41) is 0. The van der Waals surface area contributed by atoms with Crippen molar-refractivity contribution in [3.8, 4) is 11.3 Å². The molecule has 4 heterocycles. The number of hydrogen-bond acceptors (Lipinski definition) is 5. The zero-order valence-electron chi connectivity index (χ0n) is 16.4. The summed E-state index contributed by atoms with van der Waals surface area (Å²) in [6, 6.07) is 13.7. The number of fused-ring (bicyclic) bond motifs is 1. The van der Waals surface area contributed by atoms with Gasteiger partial charge in [-0.3, -0.25) is 9.78 Å². The molecule has 0 saturated heterocycles. The van der Waals surface area contributed by atoms with E-state index in [9.17, 15) is 4.79 Å². The van der Waals surface area contributed by atoms with Crippen LogP contribution in [0.4, 0.5) is 0 Å². The zero-order chi connectivity index (χ0) is 20.3. The highest BCUT2D eigenvalue weighted by molar-refractivity contribution is 5.98. The van der Waals surface area contributed by atoms with Crippen LogP contribution >= 0.6 is 0 Å². The molecular weight excluding hydrogens is 378 g/mol. The third kappa shape index (κ3) is 3.61. The lowest BCUT2D eigenvalue weighted by Crippen LogP contribution is -2.36. The second-order valence-corrected chi connectivity index (χ2v) is 7.31. The van der Waals surface area contributed by atoms with Crippen molar-refractivity contribution in [2.45, 2.75) is 25.8 Å². The largest absolute Gasteiger partial charge is 0.445 e. The maximum Gasteiger partial charge on any atom is 0.272 e. The molecule has 30 heavy (non-hydrogen) atoms. The quantitative estimate of drug-likeness (QED) is 0.555. The number of carbonyl (C=O) groups excluding carboxylic acids is 1. The first-order valence-corrected chi connectivity index (χ1v) is 10.0. The van der Waals surface area contributed by atoms with E-state index in [4.69, 9.17) is 4.42 Å². The Morgan fingerprint density at radius 1 is 1.13 bits per heavy atom. The Balaban J connectivity index is 1.30. The normalized spacial score (nSPS) is 13.3. The average molecular weight is 399 g/mol. The van der Waals surface area contributed by atoms with Crippen LogP contribution in [0.5, 0.6) is 0 Å². The van der Waals surface area contributed by atoms with E-state index in [1.807, 2.05) is 48.7 Å². The summed E-state index contributed by atoms with van der Waals surface area (Å²) in [7, 11) is 0. The van der Waals surface area contributed by atoms with Crippen LogP contribution < -0.4 is 0 Å². The van der Waals surface area contributed by atoms with E-state index in [1.165, 1.54) is 0 Å². The summed E-state index contributed by atoms with van der Waals surface area (Å²) in [4.78, 5) is 31.1. The number of rotatable bonds is 5. The van der Waals surface area contributed by atoms with Gasteiger partial charge in [0, 0.05) is 37.3 Å². The summed E-state index contributed by atoms with van der Waals surface area (Å²) < 4.78 is 5.95. The van der Waals surface area contributed by atoms with Crippen molar-refractivity contribution < 1.29 is 9.21 Å². The Morgan fingerprint density at radius 3 is 2.87 bits per heavy atom. The molecule has 150 valence electrons. The minimum atomic E-state index is -0.0723. The summed E-state index contributed by atoms with van der Waals surface area (Å²) in [5.74, 6) is 1.52. The summed E-state index contributed by atoms with van der Waals surface area (Å²) in [5.41, 5.74) is 4.09. The second kappa shape index (κ2) is 7.94. The Morgan fingerprint density at radius 2 is 2.03 bits per heavy atom. The minimum Gasteiger partial charge on any atom is -0.445 e. The van der Waals surface area contributed by atoms with Crippen LogP contribution in [-0.4, -0.2) is 37.3 Å².